The van der Waals surface area contributed by atoms with Gasteiger partial charge in [-0.3, -0.25) is 4.79 Å². The maximum atomic E-state index is 12.0. The van der Waals surface area contributed by atoms with Gasteiger partial charge in [0.25, 0.3) is 0 Å². The van der Waals surface area contributed by atoms with Crippen molar-refractivity contribution < 1.29 is 9.00 Å². The van der Waals surface area contributed by atoms with Crippen LogP contribution in [0.15, 0.2) is 29.2 Å². The summed E-state index contributed by atoms with van der Waals surface area (Å²) < 4.78 is 14.1. The molecule has 0 saturated carbocycles. The van der Waals surface area contributed by atoms with Gasteiger partial charge in [-0.25, -0.2) is 8.93 Å². The molecule has 1 amide bonds. The van der Waals surface area contributed by atoms with E-state index in [2.05, 4.69) is 10.0 Å². The minimum atomic E-state index is -1.19. The molecular formula is C13H20N2O2S. The van der Waals surface area contributed by atoms with E-state index in [1.807, 2.05) is 20.8 Å². The third-order valence-corrected chi connectivity index (χ3v) is 4.08. The molecule has 0 radical (unpaired) electrons. The van der Waals surface area contributed by atoms with Gasteiger partial charge >= 0.3 is 0 Å². The van der Waals surface area contributed by atoms with Crippen molar-refractivity contribution >= 4 is 22.6 Å². The summed E-state index contributed by atoms with van der Waals surface area (Å²) in [6.07, 6.45) is 0.778. The molecule has 0 saturated heterocycles. The van der Waals surface area contributed by atoms with E-state index in [0.29, 0.717) is 4.90 Å². The maximum absolute atomic E-state index is 12.0. The van der Waals surface area contributed by atoms with Crippen LogP contribution >= 0.6 is 0 Å². The van der Waals surface area contributed by atoms with Crippen molar-refractivity contribution in [2.75, 3.05) is 12.4 Å². The minimum absolute atomic E-state index is 0.00695. The number of anilines is 1. The topological polar surface area (TPSA) is 58.2 Å². The summed E-state index contributed by atoms with van der Waals surface area (Å²) in [6.45, 7) is 5.80. The average Bonchev–Trinajstić information content (AvgIpc) is 2.38. The zero-order valence-electron chi connectivity index (χ0n) is 11.2. The molecule has 1 rings (SSSR count). The van der Waals surface area contributed by atoms with Gasteiger partial charge in [0.1, 0.15) is 11.0 Å². The standard InChI is InChI=1S/C13H20N2O2S/c1-5-13(2,3)12(16)15-10-6-8-11(9-7-10)18(17)14-4/h6-9,14H,5H2,1-4H3,(H,15,16). The molecule has 1 aromatic carbocycles. The molecule has 100 valence electrons. The van der Waals surface area contributed by atoms with Crippen molar-refractivity contribution in [3.63, 3.8) is 0 Å². The first-order valence-corrected chi connectivity index (χ1v) is 7.06. The van der Waals surface area contributed by atoms with Crippen molar-refractivity contribution in [3.05, 3.63) is 24.3 Å². The molecule has 0 bridgehead atoms. The third kappa shape index (κ3) is 3.65. The minimum Gasteiger partial charge on any atom is -0.326 e. The van der Waals surface area contributed by atoms with Crippen molar-refractivity contribution in [2.45, 2.75) is 32.1 Å². The van der Waals surface area contributed by atoms with Crippen LogP contribution in [-0.4, -0.2) is 17.2 Å². The fourth-order valence-corrected chi connectivity index (χ4v) is 1.86. The molecule has 0 heterocycles. The highest BCUT2D eigenvalue weighted by Gasteiger charge is 2.25. The predicted molar refractivity (Wildman–Crippen MR) is 74.6 cm³/mol. The molecule has 5 heteroatoms. The fraction of sp³-hybridized carbons (Fsp3) is 0.462. The van der Waals surface area contributed by atoms with Gasteiger partial charge in [-0.05, 0) is 37.7 Å². The van der Waals surface area contributed by atoms with Crippen LogP contribution in [0.2, 0.25) is 0 Å². The van der Waals surface area contributed by atoms with Gasteiger partial charge in [0, 0.05) is 11.1 Å². The predicted octanol–water partition coefficient (Wildman–Crippen LogP) is 2.30. The molecule has 18 heavy (non-hydrogen) atoms. The van der Waals surface area contributed by atoms with Crippen molar-refractivity contribution in [3.8, 4) is 0 Å². The van der Waals surface area contributed by atoms with Crippen LogP contribution in [0.3, 0.4) is 0 Å². The number of hydrogen-bond donors (Lipinski definition) is 2. The second-order valence-electron chi connectivity index (χ2n) is 4.69. The number of hydrogen-bond acceptors (Lipinski definition) is 2. The molecule has 4 nitrogen and oxygen atoms in total. The first-order valence-electron chi connectivity index (χ1n) is 5.91. The molecule has 0 fully saturated rings. The van der Waals surface area contributed by atoms with Crippen molar-refractivity contribution in [2.24, 2.45) is 5.41 Å². The highest BCUT2D eigenvalue weighted by molar-refractivity contribution is 7.83. The third-order valence-electron chi connectivity index (χ3n) is 3.01. The molecule has 1 unspecified atom stereocenters. The van der Waals surface area contributed by atoms with Crippen LogP contribution < -0.4 is 10.0 Å². The van der Waals surface area contributed by atoms with E-state index in [4.69, 9.17) is 0 Å². The first kappa shape index (κ1) is 14.9. The fourth-order valence-electron chi connectivity index (χ4n) is 1.24. The van der Waals surface area contributed by atoms with E-state index in [9.17, 15) is 9.00 Å². The molecule has 0 aliphatic rings. The Morgan fingerprint density at radius 2 is 1.83 bits per heavy atom. The Morgan fingerprint density at radius 3 is 2.28 bits per heavy atom. The largest absolute Gasteiger partial charge is 0.326 e. The SMILES string of the molecule is CCC(C)(C)C(=O)Nc1ccc(S(=O)NC)cc1. The van der Waals surface area contributed by atoms with Gasteiger partial charge < -0.3 is 5.32 Å². The molecule has 0 aliphatic heterocycles. The maximum Gasteiger partial charge on any atom is 0.230 e. The lowest BCUT2D eigenvalue weighted by Crippen LogP contribution is -2.29. The molecule has 2 N–H and O–H groups in total. The second-order valence-corrected chi connectivity index (χ2v) is 6.11. The lowest BCUT2D eigenvalue weighted by molar-refractivity contribution is -0.124. The smallest absolute Gasteiger partial charge is 0.230 e. The number of nitrogens with one attached hydrogen (secondary N) is 2. The number of carbonyl (C=O) groups is 1. The highest BCUT2D eigenvalue weighted by atomic mass is 32.2. The van der Waals surface area contributed by atoms with Crippen LogP contribution in [0.5, 0.6) is 0 Å². The number of carbonyl (C=O) groups excluding carboxylic acids is 1. The molecule has 0 spiro atoms. The number of amides is 1. The summed E-state index contributed by atoms with van der Waals surface area (Å²) in [7, 11) is 0.442. The molecule has 1 atom stereocenters. The van der Waals surface area contributed by atoms with Crippen LogP contribution in [0, 0.1) is 5.41 Å². The lowest BCUT2D eigenvalue weighted by atomic mass is 9.89. The van der Waals surface area contributed by atoms with Gasteiger partial charge in [-0.15, -0.1) is 0 Å². The van der Waals surface area contributed by atoms with E-state index in [1.165, 1.54) is 0 Å². The van der Waals surface area contributed by atoms with Gasteiger partial charge in [-0.2, -0.15) is 0 Å². The van der Waals surface area contributed by atoms with Gasteiger partial charge in [0.15, 0.2) is 0 Å². The van der Waals surface area contributed by atoms with Gasteiger partial charge in [0.05, 0.1) is 4.90 Å². The monoisotopic (exact) mass is 268 g/mol. The van der Waals surface area contributed by atoms with E-state index >= 15 is 0 Å². The zero-order chi connectivity index (χ0) is 13.8. The zero-order valence-corrected chi connectivity index (χ0v) is 12.1. The summed E-state index contributed by atoms with van der Waals surface area (Å²) in [5.74, 6) is -0.00695. The first-order chi connectivity index (χ1) is 8.40. The van der Waals surface area contributed by atoms with E-state index in [0.717, 1.165) is 12.1 Å². The Morgan fingerprint density at radius 1 is 1.28 bits per heavy atom. The van der Waals surface area contributed by atoms with E-state index in [-0.39, 0.29) is 11.3 Å². The van der Waals surface area contributed by atoms with E-state index < -0.39 is 11.0 Å². The number of rotatable bonds is 5. The quantitative estimate of drug-likeness (QED) is 0.861. The normalized spacial score (nSPS) is 13.1. The van der Waals surface area contributed by atoms with Crippen molar-refractivity contribution in [1.29, 1.82) is 0 Å². The lowest BCUT2D eigenvalue weighted by Gasteiger charge is -2.21. The van der Waals surface area contributed by atoms with Crippen LogP contribution in [0.25, 0.3) is 0 Å². The Bertz CT molecular complexity index is 441. The Labute approximate surface area is 111 Å². The molecule has 0 aromatic heterocycles. The Kier molecular flexibility index (Phi) is 5.04. The van der Waals surface area contributed by atoms with Crippen LogP contribution in [0.1, 0.15) is 27.2 Å². The van der Waals surface area contributed by atoms with E-state index in [1.54, 1.807) is 31.3 Å². The molecule has 1 aromatic rings. The van der Waals surface area contributed by atoms with Gasteiger partial charge in [-0.1, -0.05) is 20.8 Å². The summed E-state index contributed by atoms with van der Waals surface area (Å²) in [5.41, 5.74) is 0.338. The average molecular weight is 268 g/mol. The summed E-state index contributed by atoms with van der Waals surface area (Å²) in [4.78, 5) is 12.6. The van der Waals surface area contributed by atoms with Crippen LogP contribution in [-0.2, 0) is 15.8 Å². The molecular weight excluding hydrogens is 248 g/mol. The second kappa shape index (κ2) is 6.11. The summed E-state index contributed by atoms with van der Waals surface area (Å²) in [6, 6.07) is 6.99. The van der Waals surface area contributed by atoms with Crippen LogP contribution in [0.4, 0.5) is 5.69 Å². The highest BCUT2D eigenvalue weighted by Crippen LogP contribution is 2.22. The number of benzene rings is 1. The Balaban J connectivity index is 2.76. The van der Waals surface area contributed by atoms with Gasteiger partial charge in [0.2, 0.25) is 5.91 Å². The molecule has 0 aliphatic carbocycles. The summed E-state index contributed by atoms with van der Waals surface area (Å²) >= 11 is 0. The van der Waals surface area contributed by atoms with Crippen molar-refractivity contribution in [1.82, 2.24) is 4.72 Å². The Hall–Kier alpha value is -1.20. The summed E-state index contributed by atoms with van der Waals surface area (Å²) in [5, 5.41) is 2.86.